The number of aliphatic hydroxyl groups excluding tert-OH is 1. The van der Waals surface area contributed by atoms with Crippen LogP contribution in [0, 0.1) is 5.92 Å². The second-order valence-corrected chi connectivity index (χ2v) is 6.41. The maximum Gasteiger partial charge on any atom is 0.225 e. The minimum absolute atomic E-state index is 0.0437. The molecule has 7 nitrogen and oxygen atoms in total. The van der Waals surface area contributed by atoms with Crippen molar-refractivity contribution >= 4 is 33.5 Å². The lowest BCUT2D eigenvalue weighted by Gasteiger charge is -2.35. The summed E-state index contributed by atoms with van der Waals surface area (Å²) >= 11 is 8.96. The molecule has 2 atom stereocenters. The van der Waals surface area contributed by atoms with Gasteiger partial charge in [-0.15, -0.1) is 0 Å². The van der Waals surface area contributed by atoms with Gasteiger partial charge in [0.05, 0.1) is 42.5 Å². The van der Waals surface area contributed by atoms with Crippen molar-refractivity contribution < 1.29 is 9.84 Å². The second kappa shape index (κ2) is 7.37. The molecule has 0 aliphatic carbocycles. The topological polar surface area (TPSA) is 84.3 Å². The van der Waals surface area contributed by atoms with E-state index in [0.717, 1.165) is 13.0 Å². The molecule has 0 aromatic carbocycles. The Morgan fingerprint density at radius 1 is 1.22 bits per heavy atom. The summed E-state index contributed by atoms with van der Waals surface area (Å²) in [6.07, 6.45) is 6.57. The first-order chi connectivity index (χ1) is 11.1. The largest absolute Gasteiger partial charge is 0.490 e. The second-order valence-electron chi connectivity index (χ2n) is 5.26. The van der Waals surface area contributed by atoms with Crippen molar-refractivity contribution in [2.75, 3.05) is 24.6 Å². The number of nitrogens with zero attached hydrogens (tertiary/aromatic N) is 5. The third kappa shape index (κ3) is 4.27. The number of hydrogen-bond donors (Lipinski definition) is 1. The lowest BCUT2D eigenvalue weighted by molar-refractivity contribution is 0.0611. The Kier molecular flexibility index (Phi) is 5.24. The van der Waals surface area contributed by atoms with Gasteiger partial charge in [-0.25, -0.2) is 19.9 Å². The Hall–Kier alpha value is -1.51. The average molecular weight is 401 g/mol. The van der Waals surface area contributed by atoms with Crippen molar-refractivity contribution in [1.29, 1.82) is 0 Å². The molecule has 0 saturated carbocycles. The standard InChI is InChI=1S/C14H15BrClN5O2/c15-13-17-5-11(6-18-13)23-8-9-1-2-21(7-12(9)22)14-19-3-10(16)4-20-14/h3-6,9,12,22H,1-2,7-8H2/t9-,12-/m0/s1. The number of aliphatic hydroxyl groups is 1. The summed E-state index contributed by atoms with van der Waals surface area (Å²) in [5.74, 6) is 1.21. The van der Waals surface area contributed by atoms with Gasteiger partial charge < -0.3 is 14.7 Å². The zero-order valence-electron chi connectivity index (χ0n) is 12.1. The fourth-order valence-electron chi connectivity index (χ4n) is 2.40. The van der Waals surface area contributed by atoms with Crippen LogP contribution in [0.3, 0.4) is 0 Å². The molecule has 1 saturated heterocycles. The van der Waals surface area contributed by atoms with Gasteiger partial charge in [0.1, 0.15) is 0 Å². The van der Waals surface area contributed by atoms with Gasteiger partial charge in [0.15, 0.2) is 10.5 Å². The quantitative estimate of drug-likeness (QED) is 0.785. The van der Waals surface area contributed by atoms with Crippen molar-refractivity contribution in [3.05, 3.63) is 34.5 Å². The van der Waals surface area contributed by atoms with E-state index in [0.29, 0.717) is 34.6 Å². The van der Waals surface area contributed by atoms with Crippen molar-refractivity contribution in [2.45, 2.75) is 12.5 Å². The molecule has 9 heteroatoms. The summed E-state index contributed by atoms with van der Waals surface area (Å²) in [6.45, 7) is 1.64. The number of aromatic nitrogens is 4. The van der Waals surface area contributed by atoms with E-state index in [2.05, 4.69) is 35.9 Å². The highest BCUT2D eigenvalue weighted by Gasteiger charge is 2.29. The predicted molar refractivity (Wildman–Crippen MR) is 88.6 cm³/mol. The number of anilines is 1. The van der Waals surface area contributed by atoms with Crippen LogP contribution >= 0.6 is 27.5 Å². The number of halogens is 2. The summed E-state index contributed by atoms with van der Waals surface area (Å²) in [7, 11) is 0. The van der Waals surface area contributed by atoms with Gasteiger partial charge >= 0.3 is 0 Å². The predicted octanol–water partition coefficient (Wildman–Crippen LogP) is 1.95. The molecular weight excluding hydrogens is 386 g/mol. The lowest BCUT2D eigenvalue weighted by atomic mass is 9.95. The van der Waals surface area contributed by atoms with Crippen LogP contribution in [0.5, 0.6) is 5.75 Å². The summed E-state index contributed by atoms with van der Waals surface area (Å²) in [6, 6.07) is 0. The van der Waals surface area contributed by atoms with Gasteiger partial charge in [0.2, 0.25) is 5.95 Å². The Labute approximate surface area is 146 Å². The first-order valence-corrected chi connectivity index (χ1v) is 8.30. The van der Waals surface area contributed by atoms with Crippen molar-refractivity contribution in [3.63, 3.8) is 0 Å². The normalized spacial score (nSPS) is 21.3. The molecule has 0 amide bonds. The van der Waals surface area contributed by atoms with Crippen LogP contribution in [0.25, 0.3) is 0 Å². The summed E-state index contributed by atoms with van der Waals surface area (Å²) in [4.78, 5) is 18.3. The van der Waals surface area contributed by atoms with E-state index in [1.807, 2.05) is 4.90 Å². The molecule has 1 N–H and O–H groups in total. The molecule has 0 bridgehead atoms. The molecule has 1 aliphatic rings. The molecule has 23 heavy (non-hydrogen) atoms. The number of hydrogen-bond acceptors (Lipinski definition) is 7. The SMILES string of the molecule is O[C@H]1CN(c2ncc(Cl)cn2)CC[C@H]1COc1cnc(Br)nc1. The fourth-order valence-corrected chi connectivity index (χ4v) is 2.71. The molecule has 3 rings (SSSR count). The zero-order chi connectivity index (χ0) is 16.2. The van der Waals surface area contributed by atoms with Gasteiger partial charge in [0, 0.05) is 19.0 Å². The number of β-amino-alcohol motifs (C(OH)–C–C–N with tert-alkyl or cyclic N) is 1. The molecule has 2 aromatic rings. The van der Waals surface area contributed by atoms with E-state index in [9.17, 15) is 5.11 Å². The van der Waals surface area contributed by atoms with E-state index in [1.165, 1.54) is 0 Å². The van der Waals surface area contributed by atoms with E-state index in [1.54, 1.807) is 24.8 Å². The minimum Gasteiger partial charge on any atom is -0.490 e. The van der Waals surface area contributed by atoms with E-state index in [-0.39, 0.29) is 5.92 Å². The van der Waals surface area contributed by atoms with Gasteiger partial charge in [-0.1, -0.05) is 11.6 Å². The highest BCUT2D eigenvalue weighted by Crippen LogP contribution is 2.22. The van der Waals surface area contributed by atoms with E-state index < -0.39 is 6.10 Å². The van der Waals surface area contributed by atoms with Crippen LogP contribution in [0.2, 0.25) is 5.02 Å². The third-order valence-corrected chi connectivity index (χ3v) is 4.28. The smallest absolute Gasteiger partial charge is 0.225 e. The van der Waals surface area contributed by atoms with E-state index >= 15 is 0 Å². The highest BCUT2D eigenvalue weighted by molar-refractivity contribution is 9.10. The first kappa shape index (κ1) is 16.4. The van der Waals surface area contributed by atoms with Crippen LogP contribution in [-0.4, -0.2) is 50.8 Å². The fraction of sp³-hybridized carbons (Fsp3) is 0.429. The van der Waals surface area contributed by atoms with E-state index in [4.69, 9.17) is 16.3 Å². The maximum atomic E-state index is 10.3. The molecule has 0 unspecified atom stereocenters. The molecule has 0 spiro atoms. The van der Waals surface area contributed by atoms with Gasteiger partial charge in [0.25, 0.3) is 0 Å². The Morgan fingerprint density at radius 3 is 2.57 bits per heavy atom. The monoisotopic (exact) mass is 399 g/mol. The van der Waals surface area contributed by atoms with Crippen molar-refractivity contribution in [2.24, 2.45) is 5.92 Å². The van der Waals surface area contributed by atoms with Crippen LogP contribution in [-0.2, 0) is 0 Å². The number of rotatable bonds is 4. The Balaban J connectivity index is 1.54. The van der Waals surface area contributed by atoms with Gasteiger partial charge in [-0.3, -0.25) is 0 Å². The molecule has 2 aromatic heterocycles. The van der Waals surface area contributed by atoms with Crippen LogP contribution < -0.4 is 9.64 Å². The minimum atomic E-state index is -0.514. The highest BCUT2D eigenvalue weighted by atomic mass is 79.9. The molecule has 3 heterocycles. The van der Waals surface area contributed by atoms with Crippen LogP contribution in [0.1, 0.15) is 6.42 Å². The van der Waals surface area contributed by atoms with Gasteiger partial charge in [-0.2, -0.15) is 0 Å². The van der Waals surface area contributed by atoms with Crippen LogP contribution in [0.4, 0.5) is 5.95 Å². The molecule has 1 aliphatic heterocycles. The Bertz CT molecular complexity index is 643. The molecule has 1 fully saturated rings. The summed E-state index contributed by atoms with van der Waals surface area (Å²) < 4.78 is 6.17. The molecular formula is C14H15BrClN5O2. The van der Waals surface area contributed by atoms with Crippen molar-refractivity contribution in [1.82, 2.24) is 19.9 Å². The third-order valence-electron chi connectivity index (χ3n) is 3.67. The van der Waals surface area contributed by atoms with Crippen LogP contribution in [0.15, 0.2) is 29.5 Å². The number of ether oxygens (including phenoxy) is 1. The summed E-state index contributed by atoms with van der Waals surface area (Å²) in [5.41, 5.74) is 0. The lowest BCUT2D eigenvalue weighted by Crippen LogP contribution is -2.46. The molecule has 122 valence electrons. The van der Waals surface area contributed by atoms with Gasteiger partial charge in [-0.05, 0) is 22.4 Å². The first-order valence-electron chi connectivity index (χ1n) is 7.13. The average Bonchev–Trinajstić information content (AvgIpc) is 2.56. The molecule has 0 radical (unpaired) electrons. The van der Waals surface area contributed by atoms with Crippen molar-refractivity contribution in [3.8, 4) is 5.75 Å². The summed E-state index contributed by atoms with van der Waals surface area (Å²) in [5, 5.41) is 10.8. The Morgan fingerprint density at radius 2 is 1.91 bits per heavy atom. The maximum absolute atomic E-state index is 10.3. The number of piperidine rings is 1. The zero-order valence-corrected chi connectivity index (χ0v) is 14.5.